The minimum atomic E-state index is 0.860. The molecule has 8 aromatic carbocycles. The van der Waals surface area contributed by atoms with Gasteiger partial charge in [0.1, 0.15) is 16.7 Å². The van der Waals surface area contributed by atoms with Gasteiger partial charge in [-0.05, 0) is 83.4 Å². The molecule has 0 bridgehead atoms. The summed E-state index contributed by atoms with van der Waals surface area (Å²) < 4.78 is 17.5. The number of rotatable bonds is 4. The van der Waals surface area contributed by atoms with Gasteiger partial charge >= 0.3 is 0 Å². The second-order valence-electron chi connectivity index (χ2n) is 14.1. The van der Waals surface area contributed by atoms with E-state index < -0.39 is 0 Å². The number of hydrogen-bond donors (Lipinski definition) is 0. The van der Waals surface area contributed by atoms with Gasteiger partial charge in [0.15, 0.2) is 0 Å². The van der Waals surface area contributed by atoms with Crippen molar-refractivity contribution in [2.75, 3.05) is 0 Å². The minimum absolute atomic E-state index is 0.860. The number of hydrogen-bond acceptors (Lipinski definition) is 2. The quantitative estimate of drug-likeness (QED) is 0.184. The molecular formula is C50H30N2O2. The number of benzene rings is 8. The van der Waals surface area contributed by atoms with Gasteiger partial charge in [0.2, 0.25) is 5.71 Å². The lowest BCUT2D eigenvalue weighted by molar-refractivity contribution is 0.645. The van der Waals surface area contributed by atoms with Crippen LogP contribution >= 0.6 is 0 Å². The van der Waals surface area contributed by atoms with Crippen molar-refractivity contribution in [3.63, 3.8) is 0 Å². The fraction of sp³-hybridized carbons (Fsp3) is 0. The van der Waals surface area contributed by atoms with E-state index in [0.29, 0.717) is 0 Å². The van der Waals surface area contributed by atoms with E-state index in [2.05, 4.69) is 173 Å². The van der Waals surface area contributed by atoms with E-state index in [-0.39, 0.29) is 0 Å². The van der Waals surface area contributed by atoms with Gasteiger partial charge in [-0.3, -0.25) is 4.57 Å². The first-order valence-corrected chi connectivity index (χ1v) is 18.3. The average molecular weight is 691 g/mol. The lowest BCUT2D eigenvalue weighted by Gasteiger charge is -2.13. The summed E-state index contributed by atoms with van der Waals surface area (Å²) >= 11 is 0. The summed E-state index contributed by atoms with van der Waals surface area (Å²) in [6, 6.07) is 64.8. The van der Waals surface area contributed by atoms with Crippen molar-refractivity contribution >= 4 is 76.7 Å². The number of aromatic nitrogens is 2. The Bertz CT molecular complexity index is 3450. The lowest BCUT2D eigenvalue weighted by atomic mass is 10.0. The van der Waals surface area contributed by atoms with E-state index in [1.54, 1.807) is 0 Å². The Morgan fingerprint density at radius 2 is 0.963 bits per heavy atom. The molecule has 4 heterocycles. The van der Waals surface area contributed by atoms with Crippen molar-refractivity contribution in [3.8, 4) is 33.6 Å². The van der Waals surface area contributed by atoms with E-state index in [1.807, 2.05) is 18.2 Å². The highest BCUT2D eigenvalue weighted by Crippen LogP contribution is 2.43. The summed E-state index contributed by atoms with van der Waals surface area (Å²) in [6.07, 6.45) is 0. The van der Waals surface area contributed by atoms with Crippen LogP contribution < -0.4 is 0 Å². The van der Waals surface area contributed by atoms with Gasteiger partial charge in [-0.1, -0.05) is 115 Å². The van der Waals surface area contributed by atoms with Crippen LogP contribution in [0.2, 0.25) is 0 Å². The highest BCUT2D eigenvalue weighted by molar-refractivity contribution is 6.22. The lowest BCUT2D eigenvalue weighted by Crippen LogP contribution is -1.96. The van der Waals surface area contributed by atoms with E-state index in [9.17, 15) is 0 Å². The van der Waals surface area contributed by atoms with Crippen LogP contribution in [0.5, 0.6) is 0 Å². The van der Waals surface area contributed by atoms with Crippen LogP contribution in [-0.2, 0) is 0 Å². The van der Waals surface area contributed by atoms with Crippen LogP contribution in [0.3, 0.4) is 0 Å². The monoisotopic (exact) mass is 690 g/mol. The minimum Gasteiger partial charge on any atom is -0.456 e. The molecule has 0 aliphatic heterocycles. The molecule has 0 N–H and O–H groups in total. The zero-order valence-electron chi connectivity index (χ0n) is 29.0. The molecule has 4 aromatic heterocycles. The summed E-state index contributed by atoms with van der Waals surface area (Å²) in [5.74, 6) is 0. The standard InChI is InChI=1S/C50H30N2O2/c1-2-13-34(14-3-1)52-49-36(19-11-20-40(49)48-39-18-6-9-23-46(39)54-50(48)52)33-12-10-15-35(28-33)51-43-21-7-4-16-37(43)41-29-31(24-26-44(41)51)32-25-27-47-42(30-32)38-17-5-8-22-45(38)53-47/h1-30H. The molecule has 0 fully saturated rings. The van der Waals surface area contributed by atoms with Gasteiger partial charge in [-0.2, -0.15) is 0 Å². The Balaban J connectivity index is 1.06. The topological polar surface area (TPSA) is 36.1 Å². The summed E-state index contributed by atoms with van der Waals surface area (Å²) in [5.41, 5.74) is 13.9. The molecule has 0 unspecified atom stereocenters. The zero-order valence-corrected chi connectivity index (χ0v) is 29.0. The molecule has 4 nitrogen and oxygen atoms in total. The molecule has 0 spiro atoms. The Labute approximate surface area is 309 Å². The van der Waals surface area contributed by atoms with Gasteiger partial charge in [0.05, 0.1) is 21.9 Å². The van der Waals surface area contributed by atoms with Crippen LogP contribution in [0.4, 0.5) is 0 Å². The molecule has 12 aromatic rings. The first-order chi connectivity index (χ1) is 26.8. The van der Waals surface area contributed by atoms with Crippen molar-refractivity contribution in [1.29, 1.82) is 0 Å². The van der Waals surface area contributed by atoms with E-state index in [0.717, 1.165) is 72.0 Å². The Kier molecular flexibility index (Phi) is 6.02. The molecule has 54 heavy (non-hydrogen) atoms. The smallest absolute Gasteiger partial charge is 0.213 e. The number of furan rings is 2. The van der Waals surface area contributed by atoms with Gasteiger partial charge in [-0.15, -0.1) is 0 Å². The molecule has 252 valence electrons. The molecule has 0 saturated heterocycles. The molecule has 0 aliphatic rings. The van der Waals surface area contributed by atoms with Crippen molar-refractivity contribution in [1.82, 2.24) is 9.13 Å². The fourth-order valence-electron chi connectivity index (χ4n) is 8.74. The van der Waals surface area contributed by atoms with Crippen molar-refractivity contribution < 1.29 is 8.83 Å². The van der Waals surface area contributed by atoms with Crippen molar-refractivity contribution in [2.24, 2.45) is 0 Å². The number of nitrogens with zero attached hydrogens (tertiary/aromatic N) is 2. The first kappa shape index (κ1) is 29.3. The fourth-order valence-corrected chi connectivity index (χ4v) is 8.74. The molecule has 0 amide bonds. The molecule has 0 radical (unpaired) electrons. The van der Waals surface area contributed by atoms with E-state index >= 15 is 0 Å². The normalized spacial score (nSPS) is 12.1. The maximum absolute atomic E-state index is 6.62. The predicted octanol–water partition coefficient (Wildman–Crippen LogP) is 13.9. The third-order valence-electron chi connectivity index (χ3n) is 11.1. The second kappa shape index (κ2) is 11.1. The van der Waals surface area contributed by atoms with Crippen molar-refractivity contribution in [2.45, 2.75) is 0 Å². The molecule has 12 rings (SSSR count). The SMILES string of the molecule is c1ccc(-n2c3oc4ccccc4c3c3cccc(-c4cccc(-n5c6ccccc6c6cc(-c7ccc8oc9ccccc9c8c7)ccc65)c4)c32)cc1. The maximum atomic E-state index is 6.62. The van der Waals surface area contributed by atoms with Gasteiger partial charge < -0.3 is 13.4 Å². The Morgan fingerprint density at radius 1 is 0.333 bits per heavy atom. The van der Waals surface area contributed by atoms with Crippen LogP contribution in [-0.4, -0.2) is 9.13 Å². The summed E-state index contributed by atoms with van der Waals surface area (Å²) in [4.78, 5) is 0. The molecular weight excluding hydrogens is 661 g/mol. The predicted molar refractivity (Wildman–Crippen MR) is 223 cm³/mol. The number of para-hydroxylation sites is 5. The summed E-state index contributed by atoms with van der Waals surface area (Å²) in [7, 11) is 0. The molecule has 0 aliphatic carbocycles. The highest BCUT2D eigenvalue weighted by Gasteiger charge is 2.22. The van der Waals surface area contributed by atoms with E-state index in [4.69, 9.17) is 8.83 Å². The van der Waals surface area contributed by atoms with Gasteiger partial charge in [-0.25, -0.2) is 0 Å². The Hall–Kier alpha value is -7.30. The van der Waals surface area contributed by atoms with Gasteiger partial charge in [0.25, 0.3) is 0 Å². The molecule has 0 atom stereocenters. The summed E-state index contributed by atoms with van der Waals surface area (Å²) in [6.45, 7) is 0. The number of fused-ring (bicyclic) bond motifs is 11. The van der Waals surface area contributed by atoms with Crippen molar-refractivity contribution in [3.05, 3.63) is 182 Å². The molecule has 4 heteroatoms. The van der Waals surface area contributed by atoms with Crippen LogP contribution in [0.15, 0.2) is 191 Å². The van der Waals surface area contributed by atoms with Gasteiger partial charge in [0, 0.05) is 49.3 Å². The maximum Gasteiger partial charge on any atom is 0.213 e. The largest absolute Gasteiger partial charge is 0.456 e. The third-order valence-corrected chi connectivity index (χ3v) is 11.1. The average Bonchev–Trinajstić information content (AvgIpc) is 3.98. The summed E-state index contributed by atoms with van der Waals surface area (Å²) in [5, 5.41) is 8.16. The second-order valence-corrected chi connectivity index (χ2v) is 14.1. The highest BCUT2D eigenvalue weighted by atomic mass is 16.3. The molecule has 0 saturated carbocycles. The van der Waals surface area contributed by atoms with Crippen LogP contribution in [0.25, 0.3) is 110 Å². The third kappa shape index (κ3) is 4.13. The first-order valence-electron chi connectivity index (χ1n) is 18.3. The van der Waals surface area contributed by atoms with Crippen LogP contribution in [0, 0.1) is 0 Å². The van der Waals surface area contributed by atoms with Crippen LogP contribution in [0.1, 0.15) is 0 Å². The zero-order chi connectivity index (χ0) is 35.3. The van der Waals surface area contributed by atoms with E-state index in [1.165, 1.54) is 38.3 Å². The Morgan fingerprint density at radius 3 is 1.83 bits per heavy atom.